The topological polar surface area (TPSA) is 0 Å². The first-order valence-electron chi connectivity index (χ1n) is 12.5. The summed E-state index contributed by atoms with van der Waals surface area (Å²) < 4.78 is 30.6. The molecular weight excluding hydrogens is 589 g/mol. The van der Waals surface area contributed by atoms with Gasteiger partial charge < -0.3 is 24.8 Å². The predicted molar refractivity (Wildman–Crippen MR) is 140 cm³/mol. The van der Waals surface area contributed by atoms with Gasteiger partial charge in [-0.3, -0.25) is 0 Å². The van der Waals surface area contributed by atoms with Crippen molar-refractivity contribution in [2.45, 2.75) is 52.6 Å². The maximum Gasteiger partial charge on any atom is -1.00 e. The number of hydrogen-bond donors (Lipinski definition) is 0. The monoisotopic (exact) mass is 620 g/mol. The minimum absolute atomic E-state index is 0. The predicted octanol–water partition coefficient (Wildman–Crippen LogP) is 2.16. The number of rotatable bonds is 4. The van der Waals surface area contributed by atoms with E-state index in [-0.39, 0.29) is 36.4 Å². The third-order valence-electron chi connectivity index (χ3n) is 7.15. The van der Waals surface area contributed by atoms with Crippen molar-refractivity contribution in [3.8, 4) is 0 Å². The minimum atomic E-state index is -0.997. The number of hydrogen-bond acceptors (Lipinski definition) is 0. The van der Waals surface area contributed by atoms with Gasteiger partial charge in [0.25, 0.3) is 0 Å². The van der Waals surface area contributed by atoms with E-state index in [0.29, 0.717) is 21.4 Å². The van der Waals surface area contributed by atoms with E-state index < -0.39 is 23.2 Å². The normalized spacial score (nSPS) is 20.6. The van der Waals surface area contributed by atoms with Crippen molar-refractivity contribution in [1.82, 2.24) is 0 Å². The molecule has 2 aliphatic carbocycles. The van der Waals surface area contributed by atoms with Gasteiger partial charge in [-0.2, -0.15) is 0 Å². The summed E-state index contributed by atoms with van der Waals surface area (Å²) >= 11 is -0.997. The Morgan fingerprint density at radius 3 is 1.47 bits per heavy atom. The molecule has 1 fully saturated rings. The van der Waals surface area contributed by atoms with E-state index in [0.717, 1.165) is 11.1 Å². The Hall–Kier alpha value is -1.06. The Morgan fingerprint density at radius 1 is 0.722 bits per heavy atom. The molecule has 36 heavy (non-hydrogen) atoms. The van der Waals surface area contributed by atoms with Gasteiger partial charge in [-0.1, -0.05) is 24.9 Å². The van der Waals surface area contributed by atoms with Gasteiger partial charge in [0.2, 0.25) is 0 Å². The second kappa shape index (κ2) is 14.2. The first-order chi connectivity index (χ1) is 16.3. The van der Waals surface area contributed by atoms with E-state index in [1.807, 2.05) is 12.1 Å². The second-order valence-corrected chi connectivity index (χ2v) is 15.1. The average Bonchev–Trinajstić information content (AvgIpc) is 3.54. The van der Waals surface area contributed by atoms with Gasteiger partial charge in [0.1, 0.15) is 0 Å². The van der Waals surface area contributed by atoms with Gasteiger partial charge in [-0.25, -0.2) is 0 Å². The maximum absolute atomic E-state index is 13.7. The van der Waals surface area contributed by atoms with Crippen molar-refractivity contribution in [1.29, 1.82) is 0 Å². The number of benzene rings is 2. The van der Waals surface area contributed by atoms with Crippen LogP contribution in [0.15, 0.2) is 78.4 Å². The van der Waals surface area contributed by atoms with E-state index in [9.17, 15) is 8.78 Å². The molecule has 0 aromatic heterocycles. The molecule has 2 aromatic carbocycles. The van der Waals surface area contributed by atoms with Crippen molar-refractivity contribution in [2.24, 2.45) is 11.8 Å². The van der Waals surface area contributed by atoms with E-state index in [1.54, 1.807) is 55.8 Å². The molecule has 2 atom stereocenters. The Balaban J connectivity index is 0.000000584. The van der Waals surface area contributed by atoms with E-state index in [1.165, 1.54) is 34.4 Å². The molecule has 3 aliphatic rings. The van der Waals surface area contributed by atoms with Crippen LogP contribution < -0.4 is 24.8 Å². The molecule has 5 rings (SSSR count). The number of halogens is 4. The van der Waals surface area contributed by atoms with Crippen LogP contribution in [0.25, 0.3) is 11.1 Å². The van der Waals surface area contributed by atoms with Crippen LogP contribution in [0.3, 0.4) is 0 Å². The molecule has 2 aromatic rings. The summed E-state index contributed by atoms with van der Waals surface area (Å²) in [6.45, 7) is 8.88. The fourth-order valence-electron chi connectivity index (χ4n) is 5.27. The van der Waals surface area contributed by atoms with Crippen LogP contribution in [0, 0.1) is 23.5 Å². The van der Waals surface area contributed by atoms with Crippen LogP contribution in [0.4, 0.5) is 8.78 Å². The quantitative estimate of drug-likeness (QED) is 0.459. The van der Waals surface area contributed by atoms with Gasteiger partial charge in [0, 0.05) is 9.52 Å². The molecule has 0 bridgehead atoms. The molecule has 0 nitrogen and oxygen atoms in total. The molecule has 0 N–H and O–H groups in total. The van der Waals surface area contributed by atoms with Crippen LogP contribution in [0.5, 0.6) is 0 Å². The molecule has 190 valence electrons. The largest absolute Gasteiger partial charge is 1.00 e. The number of allylic oxidation sites excluding steroid dienone is 8. The van der Waals surface area contributed by atoms with E-state index in [4.69, 9.17) is 0 Å². The zero-order valence-electron chi connectivity index (χ0n) is 21.5. The van der Waals surface area contributed by atoms with E-state index >= 15 is 0 Å². The van der Waals surface area contributed by atoms with Crippen LogP contribution in [0.1, 0.15) is 51.7 Å². The molecule has 1 heterocycles. The van der Waals surface area contributed by atoms with Crippen LogP contribution in [-0.4, -0.2) is 9.52 Å². The Bertz CT molecular complexity index is 1100. The van der Waals surface area contributed by atoms with Crippen molar-refractivity contribution in [2.75, 3.05) is 0 Å². The first kappa shape index (κ1) is 31.2. The summed E-state index contributed by atoms with van der Waals surface area (Å²) in [4.78, 5) is 0. The summed E-state index contributed by atoms with van der Waals surface area (Å²) in [5.41, 5.74) is 6.92. The van der Waals surface area contributed by atoms with Crippen molar-refractivity contribution < 1.29 is 56.8 Å². The molecule has 1 saturated heterocycles. The van der Waals surface area contributed by atoms with Gasteiger partial charge >= 0.3 is 184 Å². The molecule has 0 spiro atoms. The van der Waals surface area contributed by atoms with Gasteiger partial charge in [-0.15, -0.1) is 0 Å². The molecule has 0 radical (unpaired) electrons. The Kier molecular flexibility index (Phi) is 12.3. The smallest absolute Gasteiger partial charge is 1.00 e. The molecular formula is C30H34Cl2F2SiZr. The standard InChI is InChI=1S/2C13H12F.C4H10Si.2ClH.Zr/c2*1-9-6-10(2)13(7-9)11-4-3-5-12(14)8-11;1-2-4-5-3-1;;;/h2*3-5,7-9H,1-2H3;1-5H2;2*1H;/q;;;;;+2/p-2. The van der Waals surface area contributed by atoms with Gasteiger partial charge in [-0.05, 0) is 0 Å². The van der Waals surface area contributed by atoms with Crippen LogP contribution in [-0.2, 0) is 23.2 Å². The second-order valence-electron chi connectivity index (χ2n) is 9.73. The molecule has 1 aliphatic heterocycles. The fraction of sp³-hybridized carbons (Fsp3) is 0.333. The molecule has 2 unspecified atom stereocenters. The SMILES string of the molecule is C1CC[SiH2]C1.CC1=[C]([Zr+2][C]2=C(C)C(c3cccc(F)c3)=CC2C)C(C)C=C1c1cccc(F)c1.[Cl-].[Cl-]. The minimum Gasteiger partial charge on any atom is -1.00 e. The average molecular weight is 623 g/mol. The van der Waals surface area contributed by atoms with Crippen molar-refractivity contribution in [3.63, 3.8) is 0 Å². The summed E-state index contributed by atoms with van der Waals surface area (Å²) in [7, 11) is 0.543. The molecule has 0 amide bonds. The van der Waals surface area contributed by atoms with Crippen molar-refractivity contribution in [3.05, 3.63) is 101 Å². The fourth-order valence-corrected chi connectivity index (χ4v) is 10.9. The van der Waals surface area contributed by atoms with Crippen LogP contribution in [0.2, 0.25) is 12.1 Å². The third kappa shape index (κ3) is 7.28. The summed E-state index contributed by atoms with van der Waals surface area (Å²) in [6, 6.07) is 17.1. The summed E-state index contributed by atoms with van der Waals surface area (Å²) in [5.74, 6) is 0.407. The van der Waals surface area contributed by atoms with E-state index in [2.05, 4.69) is 39.8 Å². The Labute approximate surface area is 241 Å². The third-order valence-corrected chi connectivity index (χ3v) is 14.6. The summed E-state index contributed by atoms with van der Waals surface area (Å²) in [6.07, 6.45) is 7.70. The van der Waals surface area contributed by atoms with Crippen LogP contribution >= 0.6 is 0 Å². The molecule has 6 heteroatoms. The summed E-state index contributed by atoms with van der Waals surface area (Å²) in [5, 5.41) is 0. The zero-order chi connectivity index (χ0) is 24.2. The van der Waals surface area contributed by atoms with Gasteiger partial charge in [0.05, 0.1) is 0 Å². The van der Waals surface area contributed by atoms with Gasteiger partial charge in [0.15, 0.2) is 0 Å². The maximum atomic E-state index is 13.7. The zero-order valence-corrected chi connectivity index (χ0v) is 26.9. The molecule has 0 saturated carbocycles. The van der Waals surface area contributed by atoms with Crippen molar-refractivity contribution >= 4 is 20.7 Å². The Morgan fingerprint density at radius 2 is 1.14 bits per heavy atom. The first-order valence-corrected chi connectivity index (χ1v) is 17.0.